The predicted molar refractivity (Wildman–Crippen MR) is 140 cm³/mol. The number of para-hydroxylation sites is 1. The van der Waals surface area contributed by atoms with Gasteiger partial charge >= 0.3 is 5.97 Å². The number of hydrogen-bond donors (Lipinski definition) is 1. The largest absolute Gasteiger partial charge is 0.507 e. The zero-order chi connectivity index (χ0) is 27.6. The second kappa shape index (κ2) is 10.9. The SMILES string of the molecule is COC(=O)c1ccc(N2C(=O)C(=O)/C(=C(/O)c3cc(Cl)c(OC)cc3OC)C2c2ccccc2OC)cc1. The minimum absolute atomic E-state index is 0.0947. The van der Waals surface area contributed by atoms with Gasteiger partial charge in [0.25, 0.3) is 11.7 Å². The van der Waals surface area contributed by atoms with Crippen molar-refractivity contribution in [2.75, 3.05) is 33.3 Å². The molecule has 1 aliphatic heterocycles. The zero-order valence-corrected chi connectivity index (χ0v) is 21.7. The molecule has 4 rings (SSSR count). The number of ketones is 1. The first-order valence-corrected chi connectivity index (χ1v) is 11.7. The third-order valence-electron chi connectivity index (χ3n) is 6.17. The number of nitrogens with zero attached hydrogens (tertiary/aromatic N) is 1. The molecule has 196 valence electrons. The molecular formula is C28H24ClNO8. The maximum Gasteiger partial charge on any atom is 0.337 e. The van der Waals surface area contributed by atoms with Gasteiger partial charge in [-0.1, -0.05) is 29.8 Å². The zero-order valence-electron chi connectivity index (χ0n) is 21.0. The van der Waals surface area contributed by atoms with Crippen molar-refractivity contribution >= 4 is 40.7 Å². The predicted octanol–water partition coefficient (Wildman–Crippen LogP) is 4.78. The van der Waals surface area contributed by atoms with Gasteiger partial charge in [0.1, 0.15) is 23.0 Å². The molecule has 0 spiro atoms. The molecule has 38 heavy (non-hydrogen) atoms. The van der Waals surface area contributed by atoms with Crippen molar-refractivity contribution in [3.8, 4) is 17.2 Å². The van der Waals surface area contributed by atoms with Crippen molar-refractivity contribution in [1.29, 1.82) is 0 Å². The van der Waals surface area contributed by atoms with Crippen LogP contribution in [-0.4, -0.2) is 51.2 Å². The van der Waals surface area contributed by atoms with E-state index in [4.69, 9.17) is 30.5 Å². The van der Waals surface area contributed by atoms with Crippen LogP contribution in [0.15, 0.2) is 66.2 Å². The quantitative estimate of drug-likeness (QED) is 0.198. The van der Waals surface area contributed by atoms with E-state index in [2.05, 4.69) is 0 Å². The number of anilines is 1. The van der Waals surface area contributed by atoms with Crippen molar-refractivity contribution in [1.82, 2.24) is 0 Å². The number of esters is 1. The fraction of sp³-hybridized carbons (Fsp3) is 0.179. The van der Waals surface area contributed by atoms with Gasteiger partial charge in [0.05, 0.1) is 56.2 Å². The summed E-state index contributed by atoms with van der Waals surface area (Å²) in [6.45, 7) is 0. The fourth-order valence-corrected chi connectivity index (χ4v) is 4.59. The molecule has 0 aliphatic carbocycles. The normalized spacial score (nSPS) is 16.3. The molecule has 1 unspecified atom stereocenters. The highest BCUT2D eigenvalue weighted by Crippen LogP contribution is 2.46. The number of aliphatic hydroxyl groups is 1. The first kappa shape index (κ1) is 26.6. The molecule has 3 aromatic rings. The number of ether oxygens (including phenoxy) is 4. The van der Waals surface area contributed by atoms with Crippen molar-refractivity contribution in [2.45, 2.75) is 6.04 Å². The van der Waals surface area contributed by atoms with E-state index in [1.807, 2.05) is 0 Å². The van der Waals surface area contributed by atoms with Crippen LogP contribution < -0.4 is 19.1 Å². The molecule has 1 saturated heterocycles. The summed E-state index contributed by atoms with van der Waals surface area (Å²) < 4.78 is 20.9. The second-order valence-electron chi connectivity index (χ2n) is 8.14. The molecule has 3 aromatic carbocycles. The summed E-state index contributed by atoms with van der Waals surface area (Å²) in [6.07, 6.45) is 0. The van der Waals surface area contributed by atoms with Gasteiger partial charge < -0.3 is 24.1 Å². The molecule has 0 saturated carbocycles. The highest BCUT2D eigenvalue weighted by Gasteiger charge is 2.48. The lowest BCUT2D eigenvalue weighted by Gasteiger charge is -2.27. The van der Waals surface area contributed by atoms with Crippen molar-refractivity contribution < 1.29 is 38.4 Å². The number of aliphatic hydroxyl groups excluding tert-OH is 1. The number of halogens is 1. The molecule has 1 fully saturated rings. The van der Waals surface area contributed by atoms with Crippen LogP contribution in [0.4, 0.5) is 5.69 Å². The van der Waals surface area contributed by atoms with Crippen LogP contribution in [0.1, 0.15) is 27.5 Å². The molecule has 10 heteroatoms. The average Bonchev–Trinajstić information content (AvgIpc) is 3.21. The van der Waals surface area contributed by atoms with Crippen LogP contribution in [-0.2, 0) is 14.3 Å². The average molecular weight is 538 g/mol. The van der Waals surface area contributed by atoms with Gasteiger partial charge in [-0.15, -0.1) is 0 Å². The Morgan fingerprint density at radius 1 is 0.868 bits per heavy atom. The summed E-state index contributed by atoms with van der Waals surface area (Å²) in [7, 11) is 5.54. The van der Waals surface area contributed by atoms with Gasteiger partial charge in [-0.05, 0) is 36.4 Å². The number of hydrogen-bond acceptors (Lipinski definition) is 8. The summed E-state index contributed by atoms with van der Waals surface area (Å²) in [6, 6.07) is 14.6. The van der Waals surface area contributed by atoms with E-state index in [0.717, 1.165) is 0 Å². The van der Waals surface area contributed by atoms with E-state index >= 15 is 0 Å². The van der Waals surface area contributed by atoms with Crippen LogP contribution in [0.3, 0.4) is 0 Å². The van der Waals surface area contributed by atoms with Crippen LogP contribution >= 0.6 is 11.6 Å². The minimum atomic E-state index is -1.08. The Labute approximate surface area is 223 Å². The summed E-state index contributed by atoms with van der Waals surface area (Å²) >= 11 is 6.32. The van der Waals surface area contributed by atoms with E-state index in [1.54, 1.807) is 24.3 Å². The Kier molecular flexibility index (Phi) is 7.59. The van der Waals surface area contributed by atoms with Crippen LogP contribution in [0, 0.1) is 0 Å². The van der Waals surface area contributed by atoms with E-state index in [9.17, 15) is 19.5 Å². The summed E-state index contributed by atoms with van der Waals surface area (Å²) in [5, 5.41) is 11.7. The number of Topliss-reactive ketones (excluding diaryl/α,β-unsaturated/α-hetero) is 1. The lowest BCUT2D eigenvalue weighted by Crippen LogP contribution is -2.29. The molecule has 0 aromatic heterocycles. The molecule has 0 radical (unpaired) electrons. The Morgan fingerprint density at radius 2 is 1.50 bits per heavy atom. The summed E-state index contributed by atoms with van der Waals surface area (Å²) in [5.41, 5.74) is 0.924. The van der Waals surface area contributed by atoms with Crippen molar-refractivity contribution in [3.05, 3.63) is 87.9 Å². The molecule has 0 bridgehead atoms. The third kappa shape index (κ3) is 4.52. The maximum atomic E-state index is 13.5. The van der Waals surface area contributed by atoms with Gasteiger partial charge in [-0.2, -0.15) is 0 Å². The Bertz CT molecular complexity index is 1450. The van der Waals surface area contributed by atoms with Gasteiger partial charge in [0.2, 0.25) is 0 Å². The topological polar surface area (TPSA) is 112 Å². The maximum absolute atomic E-state index is 13.5. The minimum Gasteiger partial charge on any atom is -0.507 e. The second-order valence-corrected chi connectivity index (χ2v) is 8.54. The van der Waals surface area contributed by atoms with Gasteiger partial charge in [0, 0.05) is 17.3 Å². The molecule has 1 atom stereocenters. The van der Waals surface area contributed by atoms with E-state index in [0.29, 0.717) is 22.7 Å². The van der Waals surface area contributed by atoms with Gasteiger partial charge in [-0.25, -0.2) is 4.79 Å². The molecular weight excluding hydrogens is 514 g/mol. The van der Waals surface area contributed by atoms with E-state index in [1.165, 1.54) is 69.7 Å². The highest BCUT2D eigenvalue weighted by atomic mass is 35.5. The molecule has 1 amide bonds. The number of benzene rings is 3. The lowest BCUT2D eigenvalue weighted by atomic mass is 9.94. The van der Waals surface area contributed by atoms with E-state index < -0.39 is 29.5 Å². The monoisotopic (exact) mass is 537 g/mol. The number of methoxy groups -OCH3 is 4. The first-order chi connectivity index (χ1) is 18.3. The molecule has 1 N–H and O–H groups in total. The smallest absolute Gasteiger partial charge is 0.337 e. The number of carbonyl (C=O) groups excluding carboxylic acids is 3. The number of carbonyl (C=O) groups is 3. The van der Waals surface area contributed by atoms with Crippen LogP contribution in [0.5, 0.6) is 17.2 Å². The fourth-order valence-electron chi connectivity index (χ4n) is 4.35. The Hall–Kier alpha value is -4.50. The standard InChI is InChI=1S/C28H24ClNO8/c1-35-20-8-6-5-7-17(20)24-23(25(31)18-13-19(29)22(37-3)14-21(18)36-2)26(32)27(33)30(24)16-11-9-15(10-12-16)28(34)38-4/h5-14,24,31H,1-4H3/b25-23+. The first-order valence-electron chi connectivity index (χ1n) is 11.3. The summed E-state index contributed by atoms with van der Waals surface area (Å²) in [4.78, 5) is 40.1. The number of rotatable bonds is 7. The Morgan fingerprint density at radius 3 is 2.11 bits per heavy atom. The molecule has 9 nitrogen and oxygen atoms in total. The number of amides is 1. The molecule has 1 aliphatic rings. The lowest BCUT2D eigenvalue weighted by molar-refractivity contribution is -0.132. The Balaban J connectivity index is 1.98. The molecule has 1 heterocycles. The van der Waals surface area contributed by atoms with Crippen LogP contribution in [0.2, 0.25) is 5.02 Å². The van der Waals surface area contributed by atoms with Gasteiger partial charge in [-0.3, -0.25) is 14.5 Å². The third-order valence-corrected chi connectivity index (χ3v) is 6.47. The van der Waals surface area contributed by atoms with Crippen LogP contribution in [0.25, 0.3) is 5.76 Å². The summed E-state index contributed by atoms with van der Waals surface area (Å²) in [5.74, 6) is -1.99. The van der Waals surface area contributed by atoms with E-state index in [-0.39, 0.29) is 27.5 Å². The van der Waals surface area contributed by atoms with Crippen molar-refractivity contribution in [3.63, 3.8) is 0 Å². The van der Waals surface area contributed by atoms with Gasteiger partial charge in [0.15, 0.2) is 0 Å². The van der Waals surface area contributed by atoms with Crippen molar-refractivity contribution in [2.24, 2.45) is 0 Å². The highest BCUT2D eigenvalue weighted by molar-refractivity contribution is 6.51.